The first-order valence-electron chi connectivity index (χ1n) is 12.5. The van der Waals surface area contributed by atoms with Crippen LogP contribution in [-0.2, 0) is 28.7 Å². The van der Waals surface area contributed by atoms with Crippen molar-refractivity contribution >= 4 is 51.2 Å². The van der Waals surface area contributed by atoms with Gasteiger partial charge in [0.25, 0.3) is 5.91 Å². The van der Waals surface area contributed by atoms with Gasteiger partial charge in [0.2, 0.25) is 17.7 Å². The maximum Gasteiger partial charge on any atom is 0.329 e. The lowest BCUT2D eigenvalue weighted by Crippen LogP contribution is -2.57. The zero-order valence-electron chi connectivity index (χ0n) is 22.0. The summed E-state index contributed by atoms with van der Waals surface area (Å²) in [5.74, 6) is -2.42. The van der Waals surface area contributed by atoms with Crippen LogP contribution in [0.4, 0.5) is 0 Å². The van der Waals surface area contributed by atoms with Crippen LogP contribution in [0.25, 0.3) is 0 Å². The summed E-state index contributed by atoms with van der Waals surface area (Å²) in [7, 11) is 3.00. The summed E-state index contributed by atoms with van der Waals surface area (Å²) in [6, 6.07) is -2.85. The summed E-state index contributed by atoms with van der Waals surface area (Å²) in [5, 5.41) is 10.7. The Labute approximate surface area is 226 Å². The molecule has 2 bridgehead atoms. The molecule has 0 aromatic rings. The summed E-state index contributed by atoms with van der Waals surface area (Å²) < 4.78 is 5.71. The van der Waals surface area contributed by atoms with Crippen molar-refractivity contribution in [3.05, 3.63) is 23.9 Å². The first-order valence-corrected chi connectivity index (χ1v) is 15.0. The molecule has 0 saturated carbocycles. The summed E-state index contributed by atoms with van der Waals surface area (Å²) in [6.45, 7) is 8.69. The van der Waals surface area contributed by atoms with Crippen LogP contribution in [0.1, 0.15) is 53.9 Å². The number of amides is 4. The average molecular weight is 555 g/mol. The molecule has 0 radical (unpaired) electrons. The Hall–Kier alpha value is -2.47. The minimum atomic E-state index is -0.994. The zero-order chi connectivity index (χ0) is 27.5. The smallest absolute Gasteiger partial charge is 0.329 e. The third kappa shape index (κ3) is 9.73. The molecule has 2 aliphatic rings. The number of allylic oxidation sites excluding steroid dienone is 2. The molecular weight excluding hydrogens is 516 g/mol. The monoisotopic (exact) mass is 554 g/mol. The lowest BCUT2D eigenvalue weighted by atomic mass is 10.0. The van der Waals surface area contributed by atoms with Crippen molar-refractivity contribution in [3.63, 3.8) is 0 Å². The van der Waals surface area contributed by atoms with E-state index in [-0.39, 0.29) is 29.7 Å². The predicted octanol–water partition coefficient (Wildman–Crippen LogP) is 1.82. The largest absolute Gasteiger partial charge is 0.460 e. The predicted molar refractivity (Wildman–Crippen MR) is 145 cm³/mol. The fraction of sp³-hybridized carbons (Fsp3) is 0.640. The van der Waals surface area contributed by atoms with Crippen LogP contribution in [0.2, 0.25) is 0 Å². The quantitative estimate of drug-likeness (QED) is 0.175. The lowest BCUT2D eigenvalue weighted by molar-refractivity contribution is -0.155. The van der Waals surface area contributed by atoms with Gasteiger partial charge in [-0.05, 0) is 25.2 Å². The lowest BCUT2D eigenvalue weighted by Gasteiger charge is -2.28. The Balaban J connectivity index is 2.55. The molecule has 0 unspecified atom stereocenters. The van der Waals surface area contributed by atoms with Crippen LogP contribution in [-0.4, -0.2) is 65.3 Å². The van der Waals surface area contributed by atoms with Crippen molar-refractivity contribution in [2.75, 3.05) is 11.5 Å². The Morgan fingerprint density at radius 2 is 1.62 bits per heavy atom. The number of nitrogens with one attached hydrogen (secondary N) is 4. The van der Waals surface area contributed by atoms with Gasteiger partial charge in [-0.1, -0.05) is 67.5 Å². The van der Waals surface area contributed by atoms with Crippen molar-refractivity contribution in [3.8, 4) is 0 Å². The number of hydrogen-bond acceptors (Lipinski definition) is 8. The van der Waals surface area contributed by atoms with Crippen LogP contribution in [0, 0.1) is 11.8 Å². The van der Waals surface area contributed by atoms with Crippen LogP contribution < -0.4 is 21.3 Å². The summed E-state index contributed by atoms with van der Waals surface area (Å²) in [5.41, 5.74) is -0.0400. The molecule has 2 heterocycles. The second-order valence-electron chi connectivity index (χ2n) is 9.60. The molecule has 2 rings (SSSR count). The number of ether oxygens (including phenoxy) is 1. The maximum absolute atomic E-state index is 13.2. The molecule has 10 nitrogen and oxygen atoms in total. The van der Waals surface area contributed by atoms with E-state index in [1.54, 1.807) is 45.4 Å². The van der Waals surface area contributed by atoms with Gasteiger partial charge in [-0.25, -0.2) is 4.79 Å². The van der Waals surface area contributed by atoms with E-state index in [4.69, 9.17) is 4.74 Å². The molecule has 0 aliphatic carbocycles. The van der Waals surface area contributed by atoms with Gasteiger partial charge < -0.3 is 26.0 Å². The van der Waals surface area contributed by atoms with Crippen LogP contribution >= 0.6 is 21.6 Å². The number of hydrogen-bond donors (Lipinski definition) is 4. The number of rotatable bonds is 2. The second-order valence-corrected chi connectivity index (χ2v) is 12.2. The number of carbonyl (C=O) groups is 5. The fourth-order valence-electron chi connectivity index (χ4n) is 3.68. The van der Waals surface area contributed by atoms with Crippen molar-refractivity contribution in [1.29, 1.82) is 0 Å². The molecule has 206 valence electrons. The van der Waals surface area contributed by atoms with E-state index in [2.05, 4.69) is 21.3 Å². The minimum Gasteiger partial charge on any atom is -0.460 e. The minimum absolute atomic E-state index is 0.0400. The summed E-state index contributed by atoms with van der Waals surface area (Å²) >= 11 is 0. The molecular formula is C25H38N4O6S2. The Kier molecular flexibility index (Phi) is 12.5. The van der Waals surface area contributed by atoms with Crippen molar-refractivity contribution in [2.24, 2.45) is 11.8 Å². The molecule has 0 aromatic heterocycles. The van der Waals surface area contributed by atoms with Crippen LogP contribution in [0.5, 0.6) is 0 Å². The average Bonchev–Trinajstić information content (AvgIpc) is 2.82. The summed E-state index contributed by atoms with van der Waals surface area (Å²) in [4.78, 5) is 65.5. The van der Waals surface area contributed by atoms with Gasteiger partial charge in [0, 0.05) is 17.9 Å². The van der Waals surface area contributed by atoms with Gasteiger partial charge >= 0.3 is 5.97 Å². The Morgan fingerprint density at radius 3 is 2.27 bits per heavy atom. The van der Waals surface area contributed by atoms with E-state index >= 15 is 0 Å². The van der Waals surface area contributed by atoms with E-state index in [9.17, 15) is 24.0 Å². The van der Waals surface area contributed by atoms with E-state index in [0.717, 1.165) is 12.2 Å². The highest BCUT2D eigenvalue weighted by molar-refractivity contribution is 8.76. The molecule has 1 fully saturated rings. The number of esters is 1. The second kappa shape index (κ2) is 15.1. The third-order valence-electron chi connectivity index (χ3n) is 5.84. The van der Waals surface area contributed by atoms with Gasteiger partial charge in [-0.15, -0.1) is 0 Å². The van der Waals surface area contributed by atoms with Crippen LogP contribution in [0.3, 0.4) is 0 Å². The van der Waals surface area contributed by atoms with Crippen molar-refractivity contribution in [2.45, 2.75) is 78.1 Å². The SMILES string of the molecule is C/C=C1\NC(=O)[C@H]2CSSCC/C=C/C[C@H](CC(=O)N[C@H](C(C)C)C(=O)N2)OC(=O)[C@H](C(C)C)NC1=O. The topological polar surface area (TPSA) is 143 Å². The Morgan fingerprint density at radius 1 is 0.919 bits per heavy atom. The van der Waals surface area contributed by atoms with Crippen molar-refractivity contribution < 1.29 is 28.7 Å². The van der Waals surface area contributed by atoms with Gasteiger partial charge in [0.05, 0.1) is 6.42 Å². The Bertz CT molecular complexity index is 921. The standard InChI is InChI=1S/C25H38N4O6S2/c1-6-17-22(31)29-21(15(4)5)25(34)35-16-10-8-7-9-11-36-37-13-18(23(32)26-17)27-24(33)20(14(2)3)28-19(30)12-16/h6-8,14-16,18,20-21H,9-13H2,1-5H3,(H,26,32)(H,27,33)(H,28,30)(H,29,31)/b8-7+,17-6-/t16-,18-,20-,21+/m1/s1. The molecule has 12 heteroatoms. The normalized spacial score (nSPS) is 29.5. The first-order chi connectivity index (χ1) is 17.5. The molecule has 4 N–H and O–H groups in total. The molecule has 0 aromatic carbocycles. The van der Waals surface area contributed by atoms with E-state index in [1.165, 1.54) is 16.9 Å². The molecule has 37 heavy (non-hydrogen) atoms. The van der Waals surface area contributed by atoms with Gasteiger partial charge in [-0.2, -0.15) is 0 Å². The fourth-order valence-corrected chi connectivity index (χ4v) is 5.84. The zero-order valence-corrected chi connectivity index (χ0v) is 23.6. The van der Waals surface area contributed by atoms with Crippen LogP contribution in [0.15, 0.2) is 23.9 Å². The van der Waals surface area contributed by atoms with Gasteiger partial charge in [0.1, 0.15) is 29.9 Å². The molecule has 4 atom stereocenters. The highest BCUT2D eigenvalue weighted by Gasteiger charge is 2.33. The first kappa shape index (κ1) is 30.8. The van der Waals surface area contributed by atoms with Gasteiger partial charge in [0.15, 0.2) is 0 Å². The highest BCUT2D eigenvalue weighted by atomic mass is 33.1. The molecule has 0 spiro atoms. The summed E-state index contributed by atoms with van der Waals surface area (Å²) in [6.07, 6.45) is 5.39. The van der Waals surface area contributed by atoms with Crippen molar-refractivity contribution in [1.82, 2.24) is 21.3 Å². The van der Waals surface area contributed by atoms with E-state index in [0.29, 0.717) is 6.42 Å². The van der Waals surface area contributed by atoms with Gasteiger partial charge in [-0.3, -0.25) is 19.2 Å². The molecule has 2 aliphatic heterocycles. The maximum atomic E-state index is 13.2. The van der Waals surface area contributed by atoms with E-state index < -0.39 is 53.8 Å². The third-order valence-corrected chi connectivity index (χ3v) is 8.29. The molecule has 1 saturated heterocycles. The van der Waals surface area contributed by atoms with E-state index in [1.807, 2.05) is 12.2 Å². The number of carbonyl (C=O) groups excluding carboxylic acids is 5. The highest BCUT2D eigenvalue weighted by Crippen LogP contribution is 2.24. The number of fused-ring (bicyclic) bond motifs is 7. The molecule has 4 amide bonds.